The van der Waals surface area contributed by atoms with Gasteiger partial charge >= 0.3 is 5.97 Å². The standard InChI is InChI=1S/C24H25N3O5S/c1-5-32-23(29)18-13-25-21-20(18)17-12-15(8-11-19(17)26-22(21)28)27-33(30,31)16-9-6-14(7-10-16)24(2,3)4/h6-13,25,27H,5H2,1-4H3,(H,26,28). The normalized spacial score (nSPS) is 12.2. The van der Waals surface area contributed by atoms with Gasteiger partial charge in [-0.25, -0.2) is 13.2 Å². The maximum absolute atomic E-state index is 13.0. The Balaban J connectivity index is 1.78. The molecule has 0 bridgehead atoms. The van der Waals surface area contributed by atoms with Crippen molar-refractivity contribution in [2.24, 2.45) is 0 Å². The summed E-state index contributed by atoms with van der Waals surface area (Å²) in [6, 6.07) is 11.5. The third kappa shape index (κ3) is 4.23. The molecule has 2 aromatic carbocycles. The van der Waals surface area contributed by atoms with E-state index in [1.807, 2.05) is 0 Å². The number of sulfonamides is 1. The highest BCUT2D eigenvalue weighted by Gasteiger charge is 2.20. The van der Waals surface area contributed by atoms with Crippen LogP contribution in [0.25, 0.3) is 21.8 Å². The molecule has 0 atom stereocenters. The molecule has 0 aliphatic heterocycles. The van der Waals surface area contributed by atoms with Crippen LogP contribution in [0.15, 0.2) is 58.4 Å². The van der Waals surface area contributed by atoms with Crippen molar-refractivity contribution in [3.8, 4) is 0 Å². The summed E-state index contributed by atoms with van der Waals surface area (Å²) in [6.07, 6.45) is 1.42. The average molecular weight is 468 g/mol. The molecule has 3 N–H and O–H groups in total. The SMILES string of the molecule is CCOC(=O)c1c[nH]c2c(=O)[nH]c3ccc(NS(=O)(=O)c4ccc(C(C)(C)C)cc4)cc3c12. The minimum absolute atomic E-state index is 0.0937. The lowest BCUT2D eigenvalue weighted by Crippen LogP contribution is -2.15. The van der Waals surface area contributed by atoms with Crippen LogP contribution in [-0.4, -0.2) is 31.0 Å². The molecule has 0 saturated heterocycles. The number of nitrogens with one attached hydrogen (secondary N) is 3. The Morgan fingerprint density at radius 3 is 2.42 bits per heavy atom. The van der Waals surface area contributed by atoms with Gasteiger partial charge in [-0.15, -0.1) is 0 Å². The smallest absolute Gasteiger partial charge is 0.340 e. The van der Waals surface area contributed by atoms with Gasteiger partial charge in [0.25, 0.3) is 15.6 Å². The molecule has 0 saturated carbocycles. The second kappa shape index (κ2) is 8.08. The summed E-state index contributed by atoms with van der Waals surface area (Å²) < 4.78 is 33.6. The van der Waals surface area contributed by atoms with Crippen LogP contribution in [0.3, 0.4) is 0 Å². The molecule has 172 valence electrons. The molecule has 0 radical (unpaired) electrons. The molecule has 0 amide bonds. The quantitative estimate of drug-likeness (QED) is 0.378. The lowest BCUT2D eigenvalue weighted by Gasteiger charge is -2.19. The third-order valence-electron chi connectivity index (χ3n) is 5.42. The van der Waals surface area contributed by atoms with Crippen LogP contribution >= 0.6 is 0 Å². The third-order valence-corrected chi connectivity index (χ3v) is 6.82. The number of anilines is 1. The lowest BCUT2D eigenvalue weighted by atomic mass is 9.87. The number of pyridine rings is 1. The van der Waals surface area contributed by atoms with E-state index in [2.05, 4.69) is 35.5 Å². The Morgan fingerprint density at radius 2 is 1.79 bits per heavy atom. The Hall–Kier alpha value is -3.59. The number of aromatic nitrogens is 2. The highest BCUT2D eigenvalue weighted by Crippen LogP contribution is 2.29. The van der Waals surface area contributed by atoms with Crippen LogP contribution in [0.5, 0.6) is 0 Å². The number of fused-ring (bicyclic) bond motifs is 3. The van der Waals surface area contributed by atoms with E-state index in [0.717, 1.165) is 5.56 Å². The van der Waals surface area contributed by atoms with Crippen LogP contribution in [-0.2, 0) is 20.2 Å². The van der Waals surface area contributed by atoms with E-state index in [4.69, 9.17) is 4.74 Å². The van der Waals surface area contributed by atoms with Gasteiger partial charge in [0.05, 0.1) is 17.1 Å². The molecule has 2 aromatic heterocycles. The van der Waals surface area contributed by atoms with E-state index in [9.17, 15) is 18.0 Å². The maximum atomic E-state index is 13.0. The summed E-state index contributed by atoms with van der Waals surface area (Å²) >= 11 is 0. The number of carbonyl (C=O) groups is 1. The van der Waals surface area contributed by atoms with Crippen LogP contribution in [0.4, 0.5) is 5.69 Å². The fourth-order valence-electron chi connectivity index (χ4n) is 3.71. The molecule has 4 rings (SSSR count). The van der Waals surface area contributed by atoms with Gasteiger partial charge in [0.15, 0.2) is 0 Å². The van der Waals surface area contributed by atoms with Gasteiger partial charge in [-0.1, -0.05) is 32.9 Å². The molecule has 2 heterocycles. The van der Waals surface area contributed by atoms with Crippen molar-refractivity contribution in [3.63, 3.8) is 0 Å². The number of ether oxygens (including phenoxy) is 1. The zero-order chi connectivity index (χ0) is 24.0. The van der Waals surface area contributed by atoms with E-state index >= 15 is 0 Å². The molecule has 0 fully saturated rings. The summed E-state index contributed by atoms with van der Waals surface area (Å²) in [4.78, 5) is 30.5. The van der Waals surface area contributed by atoms with Crippen LogP contribution in [0.2, 0.25) is 0 Å². The summed E-state index contributed by atoms with van der Waals surface area (Å²) in [7, 11) is -3.85. The summed E-state index contributed by atoms with van der Waals surface area (Å²) in [6.45, 7) is 8.05. The Bertz CT molecular complexity index is 1520. The van der Waals surface area contributed by atoms with E-state index in [1.54, 1.807) is 49.4 Å². The predicted molar refractivity (Wildman–Crippen MR) is 128 cm³/mol. The molecule has 0 spiro atoms. The Morgan fingerprint density at radius 1 is 1.09 bits per heavy atom. The van der Waals surface area contributed by atoms with Crippen molar-refractivity contribution in [2.75, 3.05) is 11.3 Å². The van der Waals surface area contributed by atoms with Crippen molar-refractivity contribution in [1.82, 2.24) is 9.97 Å². The first-order valence-corrected chi connectivity index (χ1v) is 12.0. The molecule has 0 aliphatic rings. The average Bonchev–Trinajstić information content (AvgIpc) is 3.20. The van der Waals surface area contributed by atoms with Crippen molar-refractivity contribution in [2.45, 2.75) is 38.0 Å². The van der Waals surface area contributed by atoms with Gasteiger partial charge in [-0.3, -0.25) is 9.52 Å². The number of carbonyl (C=O) groups excluding carboxylic acids is 1. The first-order valence-electron chi connectivity index (χ1n) is 10.5. The molecule has 33 heavy (non-hydrogen) atoms. The summed E-state index contributed by atoms with van der Waals surface area (Å²) in [5, 5.41) is 0.889. The first-order chi connectivity index (χ1) is 15.5. The summed E-state index contributed by atoms with van der Waals surface area (Å²) in [5.74, 6) is -0.569. The van der Waals surface area contributed by atoms with Crippen LogP contribution in [0.1, 0.15) is 43.6 Å². The maximum Gasteiger partial charge on any atom is 0.340 e. The van der Waals surface area contributed by atoms with Gasteiger partial charge in [-0.2, -0.15) is 0 Å². The first kappa shape index (κ1) is 22.6. The lowest BCUT2D eigenvalue weighted by molar-refractivity contribution is 0.0529. The van der Waals surface area contributed by atoms with Crippen molar-refractivity contribution >= 4 is 43.5 Å². The van der Waals surface area contributed by atoms with E-state index in [1.165, 1.54) is 6.20 Å². The van der Waals surface area contributed by atoms with Crippen LogP contribution < -0.4 is 10.3 Å². The molecule has 0 aliphatic carbocycles. The van der Waals surface area contributed by atoms with Gasteiger partial charge in [0.2, 0.25) is 0 Å². The topological polar surface area (TPSA) is 121 Å². The van der Waals surface area contributed by atoms with Crippen molar-refractivity contribution < 1.29 is 17.9 Å². The Labute approximate surface area is 191 Å². The number of H-pyrrole nitrogens is 2. The number of hydrogen-bond acceptors (Lipinski definition) is 5. The fourth-order valence-corrected chi connectivity index (χ4v) is 4.76. The zero-order valence-electron chi connectivity index (χ0n) is 18.8. The Kier molecular flexibility index (Phi) is 5.53. The zero-order valence-corrected chi connectivity index (χ0v) is 19.6. The highest BCUT2D eigenvalue weighted by molar-refractivity contribution is 7.92. The van der Waals surface area contributed by atoms with Gasteiger partial charge in [-0.05, 0) is 48.2 Å². The highest BCUT2D eigenvalue weighted by atomic mass is 32.2. The number of aromatic amines is 2. The molecular formula is C24H25N3O5S. The molecular weight excluding hydrogens is 442 g/mol. The minimum atomic E-state index is -3.85. The molecule has 9 heteroatoms. The van der Waals surface area contributed by atoms with Gasteiger partial charge < -0.3 is 14.7 Å². The molecule has 0 unspecified atom stereocenters. The number of hydrogen-bond donors (Lipinski definition) is 3. The minimum Gasteiger partial charge on any atom is -0.462 e. The van der Waals surface area contributed by atoms with Crippen molar-refractivity contribution in [3.05, 3.63) is 70.1 Å². The van der Waals surface area contributed by atoms with E-state index < -0.39 is 16.0 Å². The van der Waals surface area contributed by atoms with Gasteiger partial charge in [0, 0.05) is 28.2 Å². The van der Waals surface area contributed by atoms with Gasteiger partial charge in [0.1, 0.15) is 5.52 Å². The van der Waals surface area contributed by atoms with E-state index in [0.29, 0.717) is 22.0 Å². The molecule has 8 nitrogen and oxygen atoms in total. The largest absolute Gasteiger partial charge is 0.462 e. The number of esters is 1. The predicted octanol–water partition coefficient (Wildman–Crippen LogP) is 4.28. The fraction of sp³-hybridized carbons (Fsp3) is 0.250. The summed E-state index contributed by atoms with van der Waals surface area (Å²) in [5.41, 5.74) is 1.73. The van der Waals surface area contributed by atoms with E-state index in [-0.39, 0.29) is 33.6 Å². The second-order valence-electron chi connectivity index (χ2n) is 8.77. The number of rotatable bonds is 5. The van der Waals surface area contributed by atoms with Crippen LogP contribution in [0, 0.1) is 0 Å². The van der Waals surface area contributed by atoms with Crippen molar-refractivity contribution in [1.29, 1.82) is 0 Å². The molecule has 4 aromatic rings. The second-order valence-corrected chi connectivity index (χ2v) is 10.4. The monoisotopic (exact) mass is 467 g/mol. The number of benzene rings is 2.